The van der Waals surface area contributed by atoms with Gasteiger partial charge in [0.15, 0.2) is 5.82 Å². The van der Waals surface area contributed by atoms with Crippen LogP contribution in [0.15, 0.2) is 22.7 Å². The average Bonchev–Trinajstić information content (AvgIpc) is 3.12. The quantitative estimate of drug-likeness (QED) is 0.838. The van der Waals surface area contributed by atoms with Crippen LogP contribution in [0.3, 0.4) is 0 Å². The van der Waals surface area contributed by atoms with Gasteiger partial charge in [-0.1, -0.05) is 34.5 Å². The molecule has 1 aromatic heterocycles. The van der Waals surface area contributed by atoms with E-state index in [0.717, 1.165) is 12.8 Å². The lowest BCUT2D eigenvalue weighted by molar-refractivity contribution is -0.119. The second-order valence-electron chi connectivity index (χ2n) is 5.69. The number of Topliss-reactive ketones (excluding diaryl/α,β-unsaturated/α-hetero) is 1. The maximum absolute atomic E-state index is 11.7. The Hall–Kier alpha value is -1.97. The maximum atomic E-state index is 11.7. The fourth-order valence-electron chi connectivity index (χ4n) is 2.49. The molecule has 0 aliphatic heterocycles. The molecule has 0 N–H and O–H groups in total. The molecule has 0 amide bonds. The molecule has 1 aliphatic carbocycles. The summed E-state index contributed by atoms with van der Waals surface area (Å²) in [5, 5.41) is 3.97. The summed E-state index contributed by atoms with van der Waals surface area (Å²) in [5.74, 6) is 1.56. The maximum Gasteiger partial charge on any atom is 0.234 e. The number of rotatable bonds is 5. The molecule has 2 aromatic rings. The highest BCUT2D eigenvalue weighted by molar-refractivity contribution is 5.84. The Morgan fingerprint density at radius 2 is 1.95 bits per heavy atom. The molecule has 4 heteroatoms. The first-order valence-electron chi connectivity index (χ1n) is 7.01. The molecule has 0 bridgehead atoms. The van der Waals surface area contributed by atoms with E-state index in [1.54, 1.807) is 0 Å². The molecule has 0 radical (unpaired) electrons. The molecule has 0 unspecified atom stereocenters. The topological polar surface area (TPSA) is 56.0 Å². The number of aryl methyl sites for hydroxylation is 2. The van der Waals surface area contributed by atoms with Gasteiger partial charge in [0.05, 0.1) is 6.42 Å². The second-order valence-corrected chi connectivity index (χ2v) is 5.69. The van der Waals surface area contributed by atoms with Crippen LogP contribution < -0.4 is 0 Å². The molecule has 1 saturated carbocycles. The van der Waals surface area contributed by atoms with Gasteiger partial charge in [0.25, 0.3) is 0 Å². The van der Waals surface area contributed by atoms with Gasteiger partial charge in [0, 0.05) is 12.3 Å². The van der Waals surface area contributed by atoms with Crippen LogP contribution in [0.1, 0.15) is 41.2 Å². The number of carbonyl (C=O) groups excluding carboxylic acids is 1. The number of benzene rings is 1. The molecule has 0 spiro atoms. The van der Waals surface area contributed by atoms with Crippen LogP contribution in [0, 0.1) is 19.8 Å². The summed E-state index contributed by atoms with van der Waals surface area (Å²) >= 11 is 0. The van der Waals surface area contributed by atoms with E-state index in [0.29, 0.717) is 18.1 Å². The molecule has 1 heterocycles. The molecule has 4 nitrogen and oxygen atoms in total. The number of ketones is 1. The SMILES string of the molecule is Cc1cc(C)cc(Cc2noc(CC(=O)C3CC3)n2)c1. The van der Waals surface area contributed by atoms with E-state index < -0.39 is 0 Å². The molecule has 0 atom stereocenters. The van der Waals surface area contributed by atoms with E-state index in [1.807, 2.05) is 0 Å². The van der Waals surface area contributed by atoms with E-state index in [2.05, 4.69) is 42.2 Å². The highest BCUT2D eigenvalue weighted by Crippen LogP contribution is 2.30. The van der Waals surface area contributed by atoms with Crippen LogP contribution in [-0.4, -0.2) is 15.9 Å². The van der Waals surface area contributed by atoms with Crippen LogP contribution in [0.2, 0.25) is 0 Å². The Kier molecular flexibility index (Phi) is 3.38. The van der Waals surface area contributed by atoms with Gasteiger partial charge in [-0.2, -0.15) is 4.98 Å². The van der Waals surface area contributed by atoms with Gasteiger partial charge >= 0.3 is 0 Å². The fraction of sp³-hybridized carbons (Fsp3) is 0.438. The van der Waals surface area contributed by atoms with Crippen molar-refractivity contribution in [2.24, 2.45) is 5.92 Å². The summed E-state index contributed by atoms with van der Waals surface area (Å²) < 4.78 is 5.16. The van der Waals surface area contributed by atoms with Crippen molar-refractivity contribution in [3.63, 3.8) is 0 Å². The zero-order valence-electron chi connectivity index (χ0n) is 11.8. The van der Waals surface area contributed by atoms with E-state index in [9.17, 15) is 4.79 Å². The van der Waals surface area contributed by atoms with Crippen molar-refractivity contribution in [3.05, 3.63) is 46.6 Å². The Labute approximate surface area is 118 Å². The van der Waals surface area contributed by atoms with Crippen LogP contribution in [-0.2, 0) is 17.6 Å². The van der Waals surface area contributed by atoms with Crippen LogP contribution in [0.5, 0.6) is 0 Å². The van der Waals surface area contributed by atoms with Crippen molar-refractivity contribution in [1.82, 2.24) is 10.1 Å². The van der Waals surface area contributed by atoms with Gasteiger partial charge in [0.1, 0.15) is 5.78 Å². The van der Waals surface area contributed by atoms with Crippen molar-refractivity contribution in [2.75, 3.05) is 0 Å². The second kappa shape index (κ2) is 5.19. The van der Waals surface area contributed by atoms with Gasteiger partial charge in [-0.05, 0) is 32.3 Å². The number of hydrogen-bond acceptors (Lipinski definition) is 4. The lowest BCUT2D eigenvalue weighted by Gasteiger charge is -2.01. The Bertz CT molecular complexity index is 621. The zero-order chi connectivity index (χ0) is 14.1. The third kappa shape index (κ3) is 3.13. The summed E-state index contributed by atoms with van der Waals surface area (Å²) in [6.45, 7) is 4.15. The van der Waals surface area contributed by atoms with Gasteiger partial charge in [-0.25, -0.2) is 0 Å². The van der Waals surface area contributed by atoms with E-state index in [1.165, 1.54) is 16.7 Å². The number of nitrogens with zero attached hydrogens (tertiary/aromatic N) is 2. The largest absolute Gasteiger partial charge is 0.339 e. The Morgan fingerprint density at radius 1 is 1.25 bits per heavy atom. The van der Waals surface area contributed by atoms with Crippen molar-refractivity contribution in [1.29, 1.82) is 0 Å². The molecule has 1 aliphatic rings. The molecular weight excluding hydrogens is 252 g/mol. The first-order chi connectivity index (χ1) is 9.60. The summed E-state index contributed by atoms with van der Waals surface area (Å²) in [6.07, 6.45) is 2.96. The van der Waals surface area contributed by atoms with Crippen molar-refractivity contribution >= 4 is 5.78 Å². The van der Waals surface area contributed by atoms with Crippen LogP contribution >= 0.6 is 0 Å². The van der Waals surface area contributed by atoms with Gasteiger partial charge in [-0.15, -0.1) is 0 Å². The first kappa shape index (κ1) is 13.0. The minimum Gasteiger partial charge on any atom is -0.339 e. The predicted molar refractivity (Wildman–Crippen MR) is 74.5 cm³/mol. The summed E-state index contributed by atoms with van der Waals surface area (Å²) in [7, 11) is 0. The van der Waals surface area contributed by atoms with Crippen molar-refractivity contribution < 1.29 is 9.32 Å². The van der Waals surface area contributed by atoms with Gasteiger partial charge < -0.3 is 4.52 Å². The van der Waals surface area contributed by atoms with Gasteiger partial charge in [0.2, 0.25) is 5.89 Å². The third-order valence-electron chi connectivity index (χ3n) is 3.51. The lowest BCUT2D eigenvalue weighted by Crippen LogP contribution is -2.05. The normalized spacial score (nSPS) is 14.5. The fourth-order valence-corrected chi connectivity index (χ4v) is 2.49. The lowest BCUT2D eigenvalue weighted by atomic mass is 10.1. The predicted octanol–water partition coefficient (Wildman–Crippen LogP) is 2.80. The summed E-state index contributed by atoms with van der Waals surface area (Å²) in [6, 6.07) is 6.39. The molecule has 1 fully saturated rings. The molecule has 20 heavy (non-hydrogen) atoms. The average molecular weight is 270 g/mol. The highest BCUT2D eigenvalue weighted by atomic mass is 16.5. The minimum absolute atomic E-state index is 0.228. The minimum atomic E-state index is 0.228. The third-order valence-corrected chi connectivity index (χ3v) is 3.51. The summed E-state index contributed by atoms with van der Waals surface area (Å²) in [4.78, 5) is 16.0. The smallest absolute Gasteiger partial charge is 0.234 e. The van der Waals surface area contributed by atoms with Crippen LogP contribution in [0.4, 0.5) is 0 Å². The molecule has 104 valence electrons. The molecule has 3 rings (SSSR count). The van der Waals surface area contributed by atoms with Crippen molar-refractivity contribution in [2.45, 2.75) is 39.5 Å². The zero-order valence-corrected chi connectivity index (χ0v) is 11.8. The Balaban J connectivity index is 1.68. The van der Waals surface area contributed by atoms with E-state index in [4.69, 9.17) is 4.52 Å². The standard InChI is InChI=1S/C16H18N2O2/c1-10-5-11(2)7-12(6-10)8-15-17-16(20-18-15)9-14(19)13-3-4-13/h5-7,13H,3-4,8-9H2,1-2H3. The number of hydrogen-bond donors (Lipinski definition) is 0. The van der Waals surface area contributed by atoms with Crippen LogP contribution in [0.25, 0.3) is 0 Å². The molecular formula is C16H18N2O2. The first-order valence-corrected chi connectivity index (χ1v) is 7.01. The Morgan fingerprint density at radius 3 is 2.60 bits per heavy atom. The highest BCUT2D eigenvalue weighted by Gasteiger charge is 2.30. The monoisotopic (exact) mass is 270 g/mol. The van der Waals surface area contributed by atoms with Gasteiger partial charge in [-0.3, -0.25) is 4.79 Å². The van der Waals surface area contributed by atoms with E-state index >= 15 is 0 Å². The summed E-state index contributed by atoms with van der Waals surface area (Å²) in [5.41, 5.74) is 3.63. The van der Waals surface area contributed by atoms with Crippen molar-refractivity contribution in [3.8, 4) is 0 Å². The number of carbonyl (C=O) groups is 1. The molecule has 1 aromatic carbocycles. The molecule has 0 saturated heterocycles. The number of aromatic nitrogens is 2. The van der Waals surface area contributed by atoms with E-state index in [-0.39, 0.29) is 18.1 Å².